The van der Waals surface area contributed by atoms with Gasteiger partial charge in [-0.25, -0.2) is 9.97 Å². The summed E-state index contributed by atoms with van der Waals surface area (Å²) in [5.74, 6) is 1.54. The van der Waals surface area contributed by atoms with Gasteiger partial charge in [0.05, 0.1) is 11.0 Å². The van der Waals surface area contributed by atoms with E-state index in [-0.39, 0.29) is 0 Å². The molecule has 0 aliphatic heterocycles. The molecule has 3 rings (SSSR count). The van der Waals surface area contributed by atoms with Crippen LogP contribution in [0.1, 0.15) is 12.6 Å². The molecule has 0 unspecified atom stereocenters. The van der Waals surface area contributed by atoms with Gasteiger partial charge in [0.2, 0.25) is 0 Å². The zero-order chi connectivity index (χ0) is 13.9. The van der Waals surface area contributed by atoms with Gasteiger partial charge in [-0.2, -0.15) is 0 Å². The average Bonchev–Trinajstić information content (AvgIpc) is 2.46. The number of aryl methyl sites for hydroxylation is 1. The predicted molar refractivity (Wildman–Crippen MR) is 79.5 cm³/mol. The lowest BCUT2D eigenvalue weighted by molar-refractivity contribution is 1.08. The van der Waals surface area contributed by atoms with Crippen molar-refractivity contribution in [3.8, 4) is 11.4 Å². The van der Waals surface area contributed by atoms with Gasteiger partial charge in [-0.1, -0.05) is 0 Å². The monoisotopic (exact) mass is 265 g/mol. The maximum atomic E-state index is 4.53. The van der Waals surface area contributed by atoms with Crippen molar-refractivity contribution in [3.63, 3.8) is 0 Å². The lowest BCUT2D eigenvalue weighted by Crippen LogP contribution is -2.02. The molecule has 0 aliphatic carbocycles. The van der Waals surface area contributed by atoms with Crippen LogP contribution in [-0.2, 0) is 0 Å². The van der Waals surface area contributed by atoms with Crippen LogP contribution in [0.3, 0.4) is 0 Å². The first-order chi connectivity index (χ1) is 9.76. The minimum atomic E-state index is 0.702. The molecule has 0 saturated carbocycles. The van der Waals surface area contributed by atoms with E-state index in [4.69, 9.17) is 0 Å². The van der Waals surface area contributed by atoms with Crippen LogP contribution in [0.4, 0.5) is 5.82 Å². The Morgan fingerprint density at radius 1 is 1.00 bits per heavy atom. The Labute approximate surface area is 117 Å². The van der Waals surface area contributed by atoms with Gasteiger partial charge < -0.3 is 5.32 Å². The maximum Gasteiger partial charge on any atom is 0.161 e. The van der Waals surface area contributed by atoms with Crippen molar-refractivity contribution in [2.24, 2.45) is 0 Å². The van der Waals surface area contributed by atoms with E-state index in [1.807, 2.05) is 38.1 Å². The SMILES string of the molecule is CCNc1cc(C)nc(-c2ccc3nccnc3c2)n1. The van der Waals surface area contributed by atoms with Crippen molar-refractivity contribution in [1.82, 2.24) is 19.9 Å². The molecule has 0 atom stereocenters. The second kappa shape index (κ2) is 5.21. The van der Waals surface area contributed by atoms with Crippen molar-refractivity contribution in [1.29, 1.82) is 0 Å². The Hall–Kier alpha value is -2.56. The van der Waals surface area contributed by atoms with Gasteiger partial charge in [0.1, 0.15) is 5.82 Å². The van der Waals surface area contributed by atoms with Gasteiger partial charge >= 0.3 is 0 Å². The molecule has 3 aromatic rings. The van der Waals surface area contributed by atoms with E-state index in [0.29, 0.717) is 5.82 Å². The quantitative estimate of drug-likeness (QED) is 0.789. The number of aromatic nitrogens is 4. The van der Waals surface area contributed by atoms with Crippen LogP contribution in [0, 0.1) is 6.92 Å². The Kier molecular flexibility index (Phi) is 3.25. The molecule has 0 saturated heterocycles. The summed E-state index contributed by atoms with van der Waals surface area (Å²) in [6.45, 7) is 4.84. The number of hydrogen-bond acceptors (Lipinski definition) is 5. The molecule has 0 fully saturated rings. The van der Waals surface area contributed by atoms with Gasteiger partial charge in [0.15, 0.2) is 5.82 Å². The summed E-state index contributed by atoms with van der Waals surface area (Å²) in [6.07, 6.45) is 3.38. The van der Waals surface area contributed by atoms with Crippen LogP contribution < -0.4 is 5.32 Å². The third-order valence-corrected chi connectivity index (χ3v) is 2.94. The van der Waals surface area contributed by atoms with Crippen molar-refractivity contribution in [2.45, 2.75) is 13.8 Å². The molecule has 1 N–H and O–H groups in total. The van der Waals surface area contributed by atoms with Crippen molar-refractivity contribution in [2.75, 3.05) is 11.9 Å². The molecular weight excluding hydrogens is 250 g/mol. The first kappa shape index (κ1) is 12.5. The molecule has 20 heavy (non-hydrogen) atoms. The average molecular weight is 265 g/mol. The number of hydrogen-bond donors (Lipinski definition) is 1. The zero-order valence-corrected chi connectivity index (χ0v) is 11.5. The van der Waals surface area contributed by atoms with Crippen LogP contribution >= 0.6 is 0 Å². The molecule has 2 heterocycles. The highest BCUT2D eigenvalue weighted by Crippen LogP contribution is 2.21. The predicted octanol–water partition coefficient (Wildman–Crippen LogP) is 2.83. The first-order valence-electron chi connectivity index (χ1n) is 6.57. The number of rotatable bonds is 3. The molecule has 0 aliphatic rings. The van der Waals surface area contributed by atoms with E-state index in [1.165, 1.54) is 0 Å². The largest absolute Gasteiger partial charge is 0.370 e. The lowest BCUT2D eigenvalue weighted by Gasteiger charge is -2.07. The van der Waals surface area contributed by atoms with E-state index >= 15 is 0 Å². The highest BCUT2D eigenvalue weighted by atomic mass is 15.0. The fraction of sp³-hybridized carbons (Fsp3) is 0.200. The number of benzene rings is 1. The third-order valence-electron chi connectivity index (χ3n) is 2.94. The Morgan fingerprint density at radius 2 is 1.80 bits per heavy atom. The Morgan fingerprint density at radius 3 is 2.60 bits per heavy atom. The van der Waals surface area contributed by atoms with Gasteiger partial charge in [-0.05, 0) is 32.0 Å². The summed E-state index contributed by atoms with van der Waals surface area (Å²) in [5.41, 5.74) is 3.60. The first-order valence-corrected chi connectivity index (χ1v) is 6.57. The highest BCUT2D eigenvalue weighted by Gasteiger charge is 2.06. The normalized spacial score (nSPS) is 10.7. The topological polar surface area (TPSA) is 63.6 Å². The second-order valence-electron chi connectivity index (χ2n) is 4.51. The minimum Gasteiger partial charge on any atom is -0.370 e. The summed E-state index contributed by atoms with van der Waals surface area (Å²) in [7, 11) is 0. The molecule has 5 nitrogen and oxygen atoms in total. The summed E-state index contributed by atoms with van der Waals surface area (Å²) >= 11 is 0. The molecule has 0 spiro atoms. The van der Waals surface area contributed by atoms with Gasteiger partial charge in [-0.3, -0.25) is 9.97 Å². The third kappa shape index (κ3) is 2.42. The van der Waals surface area contributed by atoms with E-state index < -0.39 is 0 Å². The number of nitrogens with one attached hydrogen (secondary N) is 1. The molecule has 100 valence electrons. The fourth-order valence-electron chi connectivity index (χ4n) is 2.07. The molecule has 0 radical (unpaired) electrons. The highest BCUT2D eigenvalue weighted by molar-refractivity contribution is 5.79. The van der Waals surface area contributed by atoms with Crippen LogP contribution in [0.5, 0.6) is 0 Å². The minimum absolute atomic E-state index is 0.702. The lowest BCUT2D eigenvalue weighted by atomic mass is 10.1. The zero-order valence-electron chi connectivity index (χ0n) is 11.5. The molecule has 1 aromatic carbocycles. The number of anilines is 1. The van der Waals surface area contributed by atoms with Crippen LogP contribution in [0.2, 0.25) is 0 Å². The molecule has 0 amide bonds. The van der Waals surface area contributed by atoms with Crippen molar-refractivity contribution < 1.29 is 0 Å². The number of fused-ring (bicyclic) bond motifs is 1. The van der Waals surface area contributed by atoms with E-state index in [1.54, 1.807) is 12.4 Å². The van der Waals surface area contributed by atoms with Crippen LogP contribution in [0.25, 0.3) is 22.4 Å². The summed E-state index contributed by atoms with van der Waals surface area (Å²) < 4.78 is 0. The molecule has 2 aromatic heterocycles. The van der Waals surface area contributed by atoms with Gasteiger partial charge in [0.25, 0.3) is 0 Å². The molecule has 0 bridgehead atoms. The van der Waals surface area contributed by atoms with Gasteiger partial charge in [0, 0.05) is 36.3 Å². The summed E-state index contributed by atoms with van der Waals surface area (Å²) in [4.78, 5) is 17.6. The molecular formula is C15H15N5. The Balaban J connectivity index is 2.10. The van der Waals surface area contributed by atoms with Crippen LogP contribution in [-0.4, -0.2) is 26.5 Å². The standard InChI is InChI=1S/C15H15N5/c1-3-16-14-8-10(2)19-15(20-14)11-4-5-12-13(9-11)18-7-6-17-12/h4-9H,3H2,1-2H3,(H,16,19,20). The van der Waals surface area contributed by atoms with E-state index in [0.717, 1.165) is 34.7 Å². The smallest absolute Gasteiger partial charge is 0.161 e. The fourth-order valence-corrected chi connectivity index (χ4v) is 2.07. The summed E-state index contributed by atoms with van der Waals surface area (Å²) in [5, 5.41) is 3.22. The van der Waals surface area contributed by atoms with Crippen molar-refractivity contribution in [3.05, 3.63) is 42.4 Å². The van der Waals surface area contributed by atoms with Gasteiger partial charge in [-0.15, -0.1) is 0 Å². The van der Waals surface area contributed by atoms with E-state index in [2.05, 4.69) is 25.3 Å². The Bertz CT molecular complexity index is 754. The molecule has 5 heteroatoms. The maximum absolute atomic E-state index is 4.53. The van der Waals surface area contributed by atoms with Crippen molar-refractivity contribution >= 4 is 16.9 Å². The van der Waals surface area contributed by atoms with Crippen LogP contribution in [0.15, 0.2) is 36.7 Å². The summed E-state index contributed by atoms with van der Waals surface area (Å²) in [6, 6.07) is 7.82. The number of nitrogens with zero attached hydrogens (tertiary/aromatic N) is 4. The van der Waals surface area contributed by atoms with E-state index in [9.17, 15) is 0 Å². The second-order valence-corrected chi connectivity index (χ2v) is 4.51.